The number of fused-ring (bicyclic) bond motifs is 1. The molecule has 0 N–H and O–H groups in total. The van der Waals surface area contributed by atoms with E-state index in [1.54, 1.807) is 12.4 Å². The fraction of sp³-hybridized carbons (Fsp3) is 0. The van der Waals surface area contributed by atoms with Crippen LogP contribution in [0.4, 0.5) is 0 Å². The summed E-state index contributed by atoms with van der Waals surface area (Å²) >= 11 is 0. The van der Waals surface area contributed by atoms with E-state index in [4.69, 9.17) is 0 Å². The number of pyridine rings is 1. The Hall–Kier alpha value is -1.58. The molecule has 0 saturated heterocycles. The van der Waals surface area contributed by atoms with Crippen LogP contribution in [0.5, 0.6) is 0 Å². The molecular weight excluding hydrogens is 128 g/mol. The standard InChI is InChI=1S/C6H4N4/c1-2-5-6(7-3-1)4-8-10-9-5/h1-4H. The molecule has 2 rings (SSSR count). The van der Waals surface area contributed by atoms with E-state index >= 15 is 0 Å². The van der Waals surface area contributed by atoms with Gasteiger partial charge in [-0.2, -0.15) is 0 Å². The third-order valence-electron chi connectivity index (χ3n) is 1.20. The van der Waals surface area contributed by atoms with Gasteiger partial charge in [0.25, 0.3) is 0 Å². The van der Waals surface area contributed by atoms with Crippen molar-refractivity contribution < 1.29 is 0 Å². The third kappa shape index (κ3) is 0.699. The molecule has 2 heterocycles. The first-order valence-corrected chi connectivity index (χ1v) is 2.86. The molecule has 0 unspecified atom stereocenters. The number of hydrogen-bond donors (Lipinski definition) is 0. The highest BCUT2D eigenvalue weighted by Gasteiger charge is 1.90. The van der Waals surface area contributed by atoms with E-state index in [0.717, 1.165) is 11.0 Å². The molecule has 0 aliphatic carbocycles. The summed E-state index contributed by atoms with van der Waals surface area (Å²) in [6.45, 7) is 0. The summed E-state index contributed by atoms with van der Waals surface area (Å²) in [6, 6.07) is 3.66. The van der Waals surface area contributed by atoms with Crippen molar-refractivity contribution in [2.45, 2.75) is 0 Å². The zero-order chi connectivity index (χ0) is 6.81. The smallest absolute Gasteiger partial charge is 0.115 e. The van der Waals surface area contributed by atoms with Crippen LogP contribution < -0.4 is 0 Å². The summed E-state index contributed by atoms with van der Waals surface area (Å²) in [6.07, 6.45) is 3.29. The van der Waals surface area contributed by atoms with Gasteiger partial charge in [0, 0.05) is 6.20 Å². The summed E-state index contributed by atoms with van der Waals surface area (Å²) in [5.41, 5.74) is 1.55. The summed E-state index contributed by atoms with van der Waals surface area (Å²) in [5.74, 6) is 0. The molecule has 0 aromatic carbocycles. The van der Waals surface area contributed by atoms with E-state index in [0.29, 0.717) is 0 Å². The van der Waals surface area contributed by atoms with Crippen LogP contribution in [0.15, 0.2) is 24.5 Å². The lowest BCUT2D eigenvalue weighted by atomic mass is 10.4. The maximum absolute atomic E-state index is 4.02. The Morgan fingerprint density at radius 1 is 1.20 bits per heavy atom. The highest BCUT2D eigenvalue weighted by molar-refractivity contribution is 5.71. The molecular formula is C6H4N4. The molecule has 4 nitrogen and oxygen atoms in total. The van der Waals surface area contributed by atoms with E-state index in [2.05, 4.69) is 20.4 Å². The second-order valence-corrected chi connectivity index (χ2v) is 1.84. The summed E-state index contributed by atoms with van der Waals surface area (Å²) in [5, 5.41) is 10.8. The molecule has 2 aromatic rings. The lowest BCUT2D eigenvalue weighted by Gasteiger charge is -1.88. The van der Waals surface area contributed by atoms with Gasteiger partial charge in [-0.3, -0.25) is 4.98 Å². The first-order valence-electron chi connectivity index (χ1n) is 2.86. The summed E-state index contributed by atoms with van der Waals surface area (Å²) in [4.78, 5) is 4.02. The minimum Gasteiger partial charge on any atom is -0.253 e. The first-order chi connectivity index (χ1) is 4.97. The van der Waals surface area contributed by atoms with Gasteiger partial charge in [-0.05, 0) is 17.3 Å². The molecule has 0 saturated carbocycles. The van der Waals surface area contributed by atoms with Gasteiger partial charge in [-0.1, -0.05) is 0 Å². The topological polar surface area (TPSA) is 51.6 Å². The van der Waals surface area contributed by atoms with E-state index < -0.39 is 0 Å². The van der Waals surface area contributed by atoms with Crippen LogP contribution in [0.25, 0.3) is 11.0 Å². The van der Waals surface area contributed by atoms with Gasteiger partial charge in [0.15, 0.2) is 0 Å². The molecule has 10 heavy (non-hydrogen) atoms. The van der Waals surface area contributed by atoms with Gasteiger partial charge in [0.05, 0.1) is 6.20 Å². The molecule has 0 aliphatic heterocycles. The molecule has 0 bridgehead atoms. The minimum atomic E-state index is 0.775. The van der Waals surface area contributed by atoms with Crippen LogP contribution in [-0.4, -0.2) is 20.4 Å². The van der Waals surface area contributed by atoms with E-state index in [1.807, 2.05) is 12.1 Å². The van der Waals surface area contributed by atoms with Crippen LogP contribution in [0.1, 0.15) is 0 Å². The zero-order valence-corrected chi connectivity index (χ0v) is 5.10. The van der Waals surface area contributed by atoms with Gasteiger partial charge in [0.2, 0.25) is 0 Å². The summed E-state index contributed by atoms with van der Waals surface area (Å²) < 4.78 is 0. The minimum absolute atomic E-state index is 0.775. The van der Waals surface area contributed by atoms with Crippen molar-refractivity contribution in [2.75, 3.05) is 0 Å². The molecule has 2 aromatic heterocycles. The average Bonchev–Trinajstić information content (AvgIpc) is 2.05. The average molecular weight is 132 g/mol. The molecule has 0 radical (unpaired) electrons. The van der Waals surface area contributed by atoms with Crippen LogP contribution in [0.3, 0.4) is 0 Å². The molecule has 0 amide bonds. The molecule has 4 heteroatoms. The Kier molecular flexibility index (Phi) is 1.04. The lowest BCUT2D eigenvalue weighted by Crippen LogP contribution is -1.87. The van der Waals surface area contributed by atoms with E-state index in [-0.39, 0.29) is 0 Å². The quantitative estimate of drug-likeness (QED) is 0.521. The highest BCUT2D eigenvalue weighted by atomic mass is 15.3. The van der Waals surface area contributed by atoms with Crippen LogP contribution >= 0.6 is 0 Å². The van der Waals surface area contributed by atoms with Crippen molar-refractivity contribution in [2.24, 2.45) is 0 Å². The number of rotatable bonds is 0. The van der Waals surface area contributed by atoms with Crippen molar-refractivity contribution in [1.29, 1.82) is 0 Å². The largest absolute Gasteiger partial charge is 0.253 e. The van der Waals surface area contributed by atoms with E-state index in [9.17, 15) is 0 Å². The Bertz CT molecular complexity index is 281. The number of nitrogens with zero attached hydrogens (tertiary/aromatic N) is 4. The highest BCUT2D eigenvalue weighted by Crippen LogP contribution is 2.01. The Morgan fingerprint density at radius 2 is 2.20 bits per heavy atom. The fourth-order valence-electron chi connectivity index (χ4n) is 0.748. The Balaban J connectivity index is 2.89. The van der Waals surface area contributed by atoms with Gasteiger partial charge in [-0.25, -0.2) is 0 Å². The molecule has 0 atom stereocenters. The van der Waals surface area contributed by atoms with Crippen LogP contribution in [0, 0.1) is 0 Å². The zero-order valence-electron chi connectivity index (χ0n) is 5.10. The lowest BCUT2D eigenvalue weighted by molar-refractivity contribution is 0.891. The second kappa shape index (κ2) is 1.98. The number of hydrogen-bond acceptors (Lipinski definition) is 4. The van der Waals surface area contributed by atoms with Crippen molar-refractivity contribution in [3.05, 3.63) is 24.5 Å². The fourth-order valence-corrected chi connectivity index (χ4v) is 0.748. The number of aromatic nitrogens is 4. The van der Waals surface area contributed by atoms with Crippen molar-refractivity contribution >= 4 is 11.0 Å². The predicted molar refractivity (Wildman–Crippen MR) is 35.1 cm³/mol. The first kappa shape index (κ1) is 5.22. The van der Waals surface area contributed by atoms with Gasteiger partial charge >= 0.3 is 0 Å². The predicted octanol–water partition coefficient (Wildman–Crippen LogP) is 0.420. The Labute approximate surface area is 56.9 Å². The van der Waals surface area contributed by atoms with Crippen molar-refractivity contribution in [3.63, 3.8) is 0 Å². The van der Waals surface area contributed by atoms with Gasteiger partial charge < -0.3 is 0 Å². The van der Waals surface area contributed by atoms with Gasteiger partial charge in [-0.15, -0.1) is 10.2 Å². The van der Waals surface area contributed by atoms with Crippen LogP contribution in [-0.2, 0) is 0 Å². The SMILES string of the molecule is c1cnc2cnnnc2c1. The Morgan fingerprint density at radius 3 is 3.10 bits per heavy atom. The van der Waals surface area contributed by atoms with Crippen molar-refractivity contribution in [1.82, 2.24) is 20.4 Å². The van der Waals surface area contributed by atoms with Crippen LogP contribution in [0.2, 0.25) is 0 Å². The summed E-state index contributed by atoms with van der Waals surface area (Å²) in [7, 11) is 0. The molecule has 0 aliphatic rings. The second-order valence-electron chi connectivity index (χ2n) is 1.84. The third-order valence-corrected chi connectivity index (χ3v) is 1.20. The normalized spacial score (nSPS) is 10.0. The molecule has 0 fully saturated rings. The van der Waals surface area contributed by atoms with Gasteiger partial charge in [0.1, 0.15) is 11.0 Å². The van der Waals surface area contributed by atoms with E-state index in [1.165, 1.54) is 0 Å². The monoisotopic (exact) mass is 132 g/mol. The molecule has 48 valence electrons. The maximum Gasteiger partial charge on any atom is 0.115 e. The van der Waals surface area contributed by atoms with Crippen molar-refractivity contribution in [3.8, 4) is 0 Å². The molecule has 0 spiro atoms. The maximum atomic E-state index is 4.02.